The maximum absolute atomic E-state index is 12.3. The summed E-state index contributed by atoms with van der Waals surface area (Å²) in [4.78, 5) is 12.3. The van der Waals surface area contributed by atoms with Crippen molar-refractivity contribution >= 4 is 17.0 Å². The van der Waals surface area contributed by atoms with E-state index in [1.165, 1.54) is 0 Å². The number of hydrogen-bond donors (Lipinski definition) is 0. The highest BCUT2D eigenvalue weighted by Gasteiger charge is 2.24. The molecule has 1 aliphatic rings. The number of allylic oxidation sites excluding steroid dienone is 1. The molecule has 0 atom stereocenters. The van der Waals surface area contributed by atoms with E-state index in [1.807, 2.05) is 30.3 Å². The fourth-order valence-electron chi connectivity index (χ4n) is 2.28. The van der Waals surface area contributed by atoms with Crippen LogP contribution in [0.2, 0.25) is 0 Å². The van der Waals surface area contributed by atoms with E-state index in [1.54, 1.807) is 0 Å². The number of benzene rings is 1. The Morgan fingerprint density at radius 3 is 2.82 bits per heavy atom. The van der Waals surface area contributed by atoms with Crippen LogP contribution >= 0.6 is 0 Å². The molecule has 0 aliphatic heterocycles. The maximum atomic E-state index is 12.3. The van der Waals surface area contributed by atoms with Crippen LogP contribution in [0.4, 0.5) is 0 Å². The lowest BCUT2D eigenvalue weighted by molar-refractivity contribution is 0.406. The van der Waals surface area contributed by atoms with Gasteiger partial charge in [-0.15, -0.1) is 0 Å². The van der Waals surface area contributed by atoms with Crippen molar-refractivity contribution in [3.05, 3.63) is 51.9 Å². The molecule has 0 N–H and O–H groups in total. The first-order chi connectivity index (χ1) is 8.07. The van der Waals surface area contributed by atoms with Gasteiger partial charge in [0.25, 0.3) is 0 Å². The van der Waals surface area contributed by atoms with Gasteiger partial charge in [0.15, 0.2) is 5.43 Å². The van der Waals surface area contributed by atoms with Crippen LogP contribution in [0.3, 0.4) is 0 Å². The molecule has 3 rings (SSSR count). The largest absolute Gasteiger partial charge is 0.460 e. The summed E-state index contributed by atoms with van der Waals surface area (Å²) in [6.45, 7) is 4.28. The zero-order valence-corrected chi connectivity index (χ0v) is 9.99. The zero-order valence-electron chi connectivity index (χ0n) is 9.99. The molecule has 0 bridgehead atoms. The quantitative estimate of drug-likeness (QED) is 0.689. The Balaban J connectivity index is 2.36. The summed E-state index contributed by atoms with van der Waals surface area (Å²) in [7, 11) is 0. The summed E-state index contributed by atoms with van der Waals surface area (Å²) >= 11 is 0. The van der Waals surface area contributed by atoms with Crippen molar-refractivity contribution in [2.75, 3.05) is 0 Å². The minimum atomic E-state index is 0.0609. The SMILES string of the molecule is CC1(C)C=Cc2c(oc3ccccc3c2=O)C1. The van der Waals surface area contributed by atoms with Gasteiger partial charge in [-0.3, -0.25) is 4.79 Å². The third-order valence-corrected chi connectivity index (χ3v) is 3.23. The molecule has 0 radical (unpaired) electrons. The van der Waals surface area contributed by atoms with Gasteiger partial charge in [-0.1, -0.05) is 38.1 Å². The summed E-state index contributed by atoms with van der Waals surface area (Å²) in [6, 6.07) is 7.42. The minimum absolute atomic E-state index is 0.0609. The van der Waals surface area contributed by atoms with Crippen LogP contribution in [0.25, 0.3) is 17.0 Å². The minimum Gasteiger partial charge on any atom is -0.460 e. The molecular formula is C15H14O2. The highest BCUT2D eigenvalue weighted by Crippen LogP contribution is 2.31. The third-order valence-electron chi connectivity index (χ3n) is 3.23. The Bertz CT molecular complexity index is 675. The number of rotatable bonds is 0. The van der Waals surface area contributed by atoms with Gasteiger partial charge in [0.05, 0.1) is 10.9 Å². The predicted molar refractivity (Wildman–Crippen MR) is 69.0 cm³/mol. The molecule has 1 aromatic carbocycles. The fraction of sp³-hybridized carbons (Fsp3) is 0.267. The van der Waals surface area contributed by atoms with Crippen molar-refractivity contribution in [2.45, 2.75) is 20.3 Å². The highest BCUT2D eigenvalue weighted by molar-refractivity contribution is 5.79. The lowest BCUT2D eigenvalue weighted by Gasteiger charge is -2.24. The molecule has 86 valence electrons. The van der Waals surface area contributed by atoms with Crippen molar-refractivity contribution in [1.29, 1.82) is 0 Å². The van der Waals surface area contributed by atoms with E-state index in [9.17, 15) is 4.79 Å². The molecule has 17 heavy (non-hydrogen) atoms. The molecule has 0 spiro atoms. The second-order valence-electron chi connectivity index (χ2n) is 5.26. The molecule has 2 nitrogen and oxygen atoms in total. The van der Waals surface area contributed by atoms with Crippen molar-refractivity contribution in [3.63, 3.8) is 0 Å². The van der Waals surface area contributed by atoms with E-state index < -0.39 is 0 Å². The second-order valence-corrected chi connectivity index (χ2v) is 5.26. The van der Waals surface area contributed by atoms with Crippen LogP contribution in [-0.2, 0) is 6.42 Å². The molecule has 1 aliphatic carbocycles. The van der Waals surface area contributed by atoms with Crippen molar-refractivity contribution in [1.82, 2.24) is 0 Å². The molecule has 2 heteroatoms. The lowest BCUT2D eigenvalue weighted by Crippen LogP contribution is -2.20. The number of hydrogen-bond acceptors (Lipinski definition) is 2. The van der Waals surface area contributed by atoms with Crippen molar-refractivity contribution in [2.24, 2.45) is 5.41 Å². The van der Waals surface area contributed by atoms with E-state index in [0.717, 1.165) is 12.2 Å². The maximum Gasteiger partial charge on any atom is 0.200 e. The molecule has 1 heterocycles. The number of para-hydroxylation sites is 1. The molecule has 0 saturated heterocycles. The first kappa shape index (κ1) is 10.3. The lowest BCUT2D eigenvalue weighted by atomic mass is 9.82. The van der Waals surface area contributed by atoms with Gasteiger partial charge in [-0.2, -0.15) is 0 Å². The van der Waals surface area contributed by atoms with Crippen LogP contribution in [0.15, 0.2) is 39.6 Å². The molecule has 2 aromatic rings. The summed E-state index contributed by atoms with van der Waals surface area (Å²) in [6.07, 6.45) is 4.76. The first-order valence-electron chi connectivity index (χ1n) is 5.81. The van der Waals surface area contributed by atoms with Gasteiger partial charge in [-0.25, -0.2) is 0 Å². The van der Waals surface area contributed by atoms with E-state index in [0.29, 0.717) is 16.5 Å². The fourth-order valence-corrected chi connectivity index (χ4v) is 2.28. The average Bonchev–Trinajstić information content (AvgIpc) is 2.27. The average molecular weight is 226 g/mol. The molecule has 0 unspecified atom stereocenters. The van der Waals surface area contributed by atoms with E-state index in [2.05, 4.69) is 19.9 Å². The topological polar surface area (TPSA) is 30.2 Å². The van der Waals surface area contributed by atoms with Gasteiger partial charge in [0.2, 0.25) is 0 Å². The van der Waals surface area contributed by atoms with Crippen molar-refractivity contribution < 1.29 is 4.42 Å². The van der Waals surface area contributed by atoms with Crippen molar-refractivity contribution in [3.8, 4) is 0 Å². The molecule has 1 aromatic heterocycles. The second kappa shape index (κ2) is 3.33. The van der Waals surface area contributed by atoms with Crippen LogP contribution < -0.4 is 5.43 Å². The Morgan fingerprint density at radius 1 is 1.24 bits per heavy atom. The van der Waals surface area contributed by atoms with Crippen LogP contribution in [0.1, 0.15) is 25.2 Å². The molecule has 0 saturated carbocycles. The Morgan fingerprint density at radius 2 is 2.00 bits per heavy atom. The molecule has 0 fully saturated rings. The number of fused-ring (bicyclic) bond motifs is 2. The smallest absolute Gasteiger partial charge is 0.200 e. The van der Waals surface area contributed by atoms with Gasteiger partial charge in [-0.05, 0) is 17.5 Å². The highest BCUT2D eigenvalue weighted by atomic mass is 16.3. The monoisotopic (exact) mass is 226 g/mol. The standard InChI is InChI=1S/C15H14O2/c1-15(2)8-7-11-13(9-15)17-12-6-4-3-5-10(12)14(11)16/h3-8H,9H2,1-2H3. The summed E-state index contributed by atoms with van der Waals surface area (Å²) in [5.41, 5.74) is 1.53. The summed E-state index contributed by atoms with van der Waals surface area (Å²) in [5.74, 6) is 0.807. The van der Waals surface area contributed by atoms with Gasteiger partial charge in [0, 0.05) is 6.42 Å². The van der Waals surface area contributed by atoms with Gasteiger partial charge >= 0.3 is 0 Å². The van der Waals surface area contributed by atoms with Crippen LogP contribution in [-0.4, -0.2) is 0 Å². The normalized spacial score (nSPS) is 17.1. The van der Waals surface area contributed by atoms with E-state index in [4.69, 9.17) is 4.42 Å². The van der Waals surface area contributed by atoms with Crippen LogP contribution in [0.5, 0.6) is 0 Å². The first-order valence-corrected chi connectivity index (χ1v) is 5.81. The van der Waals surface area contributed by atoms with Crippen LogP contribution in [0, 0.1) is 5.41 Å². The summed E-state index contributed by atoms with van der Waals surface area (Å²) in [5, 5.41) is 0.663. The van der Waals surface area contributed by atoms with Gasteiger partial charge in [0.1, 0.15) is 11.3 Å². The van der Waals surface area contributed by atoms with E-state index >= 15 is 0 Å². The zero-order chi connectivity index (χ0) is 12.0. The summed E-state index contributed by atoms with van der Waals surface area (Å²) < 4.78 is 5.85. The molecule has 0 amide bonds. The predicted octanol–water partition coefficient (Wildman–Crippen LogP) is 3.39. The van der Waals surface area contributed by atoms with Gasteiger partial charge < -0.3 is 4.42 Å². The third kappa shape index (κ3) is 1.60. The molecular weight excluding hydrogens is 212 g/mol. The Kier molecular flexibility index (Phi) is 2.02. The Hall–Kier alpha value is -1.83. The Labute approximate surface area is 99.6 Å². The van der Waals surface area contributed by atoms with E-state index in [-0.39, 0.29) is 10.8 Å².